The molecule has 1 aromatic carbocycles. The Bertz CT molecular complexity index is 977. The smallest absolute Gasteiger partial charge is 0.335 e. The number of hydrogen-bond acceptors (Lipinski definition) is 6. The van der Waals surface area contributed by atoms with Gasteiger partial charge in [-0.2, -0.15) is 4.98 Å². The quantitative estimate of drug-likeness (QED) is 0.609. The number of aromatic nitrogens is 4. The SMILES string of the molecule is CCOc1n[nH]c(-c2ccc(-c3ccc(OC4CCC(C(=O)O)CC4)nc3)cc2)n1. The first-order chi connectivity index (χ1) is 14.6. The van der Waals surface area contributed by atoms with Crippen molar-refractivity contribution in [2.24, 2.45) is 5.92 Å². The van der Waals surface area contributed by atoms with Crippen molar-refractivity contribution in [2.75, 3.05) is 6.61 Å². The molecule has 1 aliphatic rings. The normalized spacial score (nSPS) is 18.7. The summed E-state index contributed by atoms with van der Waals surface area (Å²) in [5.41, 5.74) is 2.93. The Labute approximate surface area is 174 Å². The molecule has 0 radical (unpaired) electrons. The number of carbonyl (C=O) groups is 1. The lowest BCUT2D eigenvalue weighted by Gasteiger charge is -2.26. The minimum Gasteiger partial charge on any atom is -0.481 e. The van der Waals surface area contributed by atoms with Crippen molar-refractivity contribution in [1.29, 1.82) is 0 Å². The molecule has 4 rings (SSSR count). The Morgan fingerprint density at radius 1 is 1.07 bits per heavy atom. The molecule has 3 aromatic rings. The van der Waals surface area contributed by atoms with Crippen molar-refractivity contribution in [2.45, 2.75) is 38.7 Å². The van der Waals surface area contributed by atoms with Crippen molar-refractivity contribution in [3.63, 3.8) is 0 Å². The lowest BCUT2D eigenvalue weighted by Crippen LogP contribution is -2.28. The third-order valence-electron chi connectivity index (χ3n) is 5.28. The number of H-pyrrole nitrogens is 1. The Kier molecular flexibility index (Phi) is 5.92. The van der Waals surface area contributed by atoms with Gasteiger partial charge in [-0.3, -0.25) is 9.89 Å². The molecule has 30 heavy (non-hydrogen) atoms. The Morgan fingerprint density at radius 3 is 2.40 bits per heavy atom. The van der Waals surface area contributed by atoms with Gasteiger partial charge in [-0.1, -0.05) is 24.3 Å². The molecule has 8 nitrogen and oxygen atoms in total. The van der Waals surface area contributed by atoms with Crippen LogP contribution >= 0.6 is 0 Å². The molecule has 0 aliphatic heterocycles. The standard InChI is InChI=1S/C22H24N4O4/c1-2-29-22-24-20(25-26-22)15-5-3-14(4-6-15)17-9-12-19(23-13-17)30-18-10-7-16(8-11-18)21(27)28/h3-6,9,12-13,16,18H,2,7-8,10-11H2,1H3,(H,27,28)(H,24,25,26). The highest BCUT2D eigenvalue weighted by Crippen LogP contribution is 2.28. The van der Waals surface area contributed by atoms with Gasteiger partial charge in [0.05, 0.1) is 12.5 Å². The maximum atomic E-state index is 11.1. The first-order valence-electron chi connectivity index (χ1n) is 10.1. The maximum Gasteiger partial charge on any atom is 0.335 e. The summed E-state index contributed by atoms with van der Waals surface area (Å²) in [5, 5.41) is 16.0. The van der Waals surface area contributed by atoms with Crippen LogP contribution < -0.4 is 9.47 Å². The molecule has 156 valence electrons. The fourth-order valence-corrected chi connectivity index (χ4v) is 3.61. The number of nitrogens with zero attached hydrogens (tertiary/aromatic N) is 3. The van der Waals surface area contributed by atoms with Gasteiger partial charge in [-0.05, 0) is 44.2 Å². The first kappa shape index (κ1) is 19.9. The average Bonchev–Trinajstić information content (AvgIpc) is 3.24. The minimum atomic E-state index is -0.708. The second-order valence-corrected chi connectivity index (χ2v) is 7.29. The number of carboxylic acid groups (broad SMARTS) is 1. The van der Waals surface area contributed by atoms with Gasteiger partial charge in [0.1, 0.15) is 6.10 Å². The van der Waals surface area contributed by atoms with E-state index in [9.17, 15) is 4.79 Å². The number of aromatic amines is 1. The summed E-state index contributed by atoms with van der Waals surface area (Å²) in [6.07, 6.45) is 4.61. The zero-order valence-corrected chi connectivity index (χ0v) is 16.7. The number of ether oxygens (including phenoxy) is 2. The minimum absolute atomic E-state index is 0.0294. The van der Waals surface area contributed by atoms with Crippen molar-refractivity contribution in [1.82, 2.24) is 20.2 Å². The van der Waals surface area contributed by atoms with E-state index in [1.807, 2.05) is 43.3 Å². The summed E-state index contributed by atoms with van der Waals surface area (Å²) in [4.78, 5) is 19.8. The summed E-state index contributed by atoms with van der Waals surface area (Å²) in [5.74, 6) is 0.273. The van der Waals surface area contributed by atoms with Crippen LogP contribution in [0.3, 0.4) is 0 Å². The molecular formula is C22H24N4O4. The van der Waals surface area contributed by atoms with Crippen LogP contribution in [0.5, 0.6) is 11.9 Å². The van der Waals surface area contributed by atoms with Crippen molar-refractivity contribution in [3.8, 4) is 34.4 Å². The zero-order valence-electron chi connectivity index (χ0n) is 16.7. The summed E-state index contributed by atoms with van der Waals surface area (Å²) < 4.78 is 11.2. The molecule has 2 heterocycles. The predicted molar refractivity (Wildman–Crippen MR) is 110 cm³/mol. The van der Waals surface area contributed by atoms with Crippen LogP contribution in [0.4, 0.5) is 0 Å². The Balaban J connectivity index is 1.37. The third-order valence-corrected chi connectivity index (χ3v) is 5.28. The molecule has 0 saturated heterocycles. The van der Waals surface area contributed by atoms with E-state index in [2.05, 4.69) is 20.2 Å². The second-order valence-electron chi connectivity index (χ2n) is 7.29. The van der Waals surface area contributed by atoms with E-state index in [1.165, 1.54) is 0 Å². The van der Waals surface area contributed by atoms with Crippen molar-refractivity contribution >= 4 is 5.97 Å². The molecule has 0 spiro atoms. The van der Waals surface area contributed by atoms with E-state index in [0.717, 1.165) is 29.5 Å². The summed E-state index contributed by atoms with van der Waals surface area (Å²) >= 11 is 0. The summed E-state index contributed by atoms with van der Waals surface area (Å²) in [6.45, 7) is 2.41. The molecule has 1 saturated carbocycles. The van der Waals surface area contributed by atoms with Gasteiger partial charge >= 0.3 is 12.0 Å². The number of carboxylic acids is 1. The predicted octanol–water partition coefficient (Wildman–Crippen LogP) is 3.95. The molecule has 2 aromatic heterocycles. The Morgan fingerprint density at radius 2 is 1.77 bits per heavy atom. The van der Waals surface area contributed by atoms with Crippen molar-refractivity contribution in [3.05, 3.63) is 42.6 Å². The maximum absolute atomic E-state index is 11.1. The van der Waals surface area contributed by atoms with E-state index in [1.54, 1.807) is 6.20 Å². The highest BCUT2D eigenvalue weighted by molar-refractivity contribution is 5.70. The fraction of sp³-hybridized carbons (Fsp3) is 0.364. The molecule has 0 unspecified atom stereocenters. The third kappa shape index (κ3) is 4.59. The lowest BCUT2D eigenvalue weighted by atomic mass is 9.87. The van der Waals surface area contributed by atoms with Crippen LogP contribution in [0.2, 0.25) is 0 Å². The topological polar surface area (TPSA) is 110 Å². The monoisotopic (exact) mass is 408 g/mol. The fourth-order valence-electron chi connectivity index (χ4n) is 3.61. The van der Waals surface area contributed by atoms with Gasteiger partial charge in [0.2, 0.25) is 5.88 Å². The van der Waals surface area contributed by atoms with E-state index in [4.69, 9.17) is 14.6 Å². The van der Waals surface area contributed by atoms with Gasteiger partial charge < -0.3 is 14.6 Å². The van der Waals surface area contributed by atoms with Gasteiger partial charge in [0.15, 0.2) is 5.82 Å². The lowest BCUT2D eigenvalue weighted by molar-refractivity contribution is -0.143. The van der Waals surface area contributed by atoms with Gasteiger partial charge in [0.25, 0.3) is 0 Å². The molecule has 1 fully saturated rings. The van der Waals surface area contributed by atoms with Gasteiger partial charge in [-0.15, -0.1) is 5.10 Å². The molecule has 1 aliphatic carbocycles. The molecule has 0 amide bonds. The number of aliphatic carboxylic acids is 1. The van der Waals surface area contributed by atoms with Gasteiger partial charge in [0, 0.05) is 23.4 Å². The number of benzene rings is 1. The number of pyridine rings is 1. The van der Waals surface area contributed by atoms with Crippen LogP contribution in [-0.2, 0) is 4.79 Å². The van der Waals surface area contributed by atoms with Crippen LogP contribution in [0, 0.1) is 5.92 Å². The van der Waals surface area contributed by atoms with Crippen LogP contribution in [0.15, 0.2) is 42.6 Å². The summed E-state index contributed by atoms with van der Waals surface area (Å²) in [6, 6.07) is 12.1. The number of nitrogens with one attached hydrogen (secondary N) is 1. The van der Waals surface area contributed by atoms with E-state index < -0.39 is 5.97 Å². The molecule has 0 bridgehead atoms. The van der Waals surface area contributed by atoms with Crippen LogP contribution in [0.1, 0.15) is 32.6 Å². The summed E-state index contributed by atoms with van der Waals surface area (Å²) in [7, 11) is 0. The highest BCUT2D eigenvalue weighted by atomic mass is 16.5. The number of hydrogen-bond donors (Lipinski definition) is 2. The Hall–Kier alpha value is -3.42. The van der Waals surface area contributed by atoms with Crippen LogP contribution in [0.25, 0.3) is 22.5 Å². The molecule has 2 N–H and O–H groups in total. The first-order valence-corrected chi connectivity index (χ1v) is 10.1. The van der Waals surface area contributed by atoms with Crippen molar-refractivity contribution < 1.29 is 19.4 Å². The molecular weight excluding hydrogens is 384 g/mol. The second kappa shape index (κ2) is 8.94. The van der Waals surface area contributed by atoms with Gasteiger partial charge in [-0.25, -0.2) is 4.98 Å². The van der Waals surface area contributed by atoms with Crippen LogP contribution in [-0.4, -0.2) is 44.0 Å². The van der Waals surface area contributed by atoms with E-state index in [-0.39, 0.29) is 12.0 Å². The number of rotatable bonds is 7. The highest BCUT2D eigenvalue weighted by Gasteiger charge is 2.27. The molecule has 0 atom stereocenters. The molecule has 8 heteroatoms. The van der Waals surface area contributed by atoms with E-state index in [0.29, 0.717) is 37.2 Å². The largest absolute Gasteiger partial charge is 0.481 e. The zero-order chi connectivity index (χ0) is 20.9. The average molecular weight is 408 g/mol. The van der Waals surface area contributed by atoms with E-state index >= 15 is 0 Å².